The molecule has 0 aliphatic carbocycles. The number of halogens is 2. The van der Waals surface area contributed by atoms with E-state index in [4.69, 9.17) is 16.1 Å². The van der Waals surface area contributed by atoms with Gasteiger partial charge in [-0.3, -0.25) is 14.7 Å². The second-order valence-electron chi connectivity index (χ2n) is 13.1. The van der Waals surface area contributed by atoms with Crippen molar-refractivity contribution in [1.29, 1.82) is 5.26 Å². The Morgan fingerprint density at radius 2 is 2.02 bits per heavy atom. The topological polar surface area (TPSA) is 128 Å². The molecule has 2 aromatic heterocycles. The number of nitriles is 1. The summed E-state index contributed by atoms with van der Waals surface area (Å²) in [5.74, 6) is 0.350. The number of nitrogens with zero attached hydrogens (tertiary/aromatic N) is 6. The highest BCUT2D eigenvalue weighted by Gasteiger charge is 2.45. The lowest BCUT2D eigenvalue weighted by Gasteiger charge is -2.31. The van der Waals surface area contributed by atoms with Gasteiger partial charge in [0.1, 0.15) is 35.2 Å². The van der Waals surface area contributed by atoms with E-state index < -0.39 is 17.7 Å². The van der Waals surface area contributed by atoms with Crippen LogP contribution < -0.4 is 15.0 Å². The van der Waals surface area contributed by atoms with Gasteiger partial charge in [0, 0.05) is 36.3 Å². The molecule has 1 amide bonds. The number of phenols is 1. The molecule has 3 saturated heterocycles. The summed E-state index contributed by atoms with van der Waals surface area (Å²) in [5.41, 5.74) is -0.365. The molecule has 3 aliphatic heterocycles. The number of ether oxygens (including phenoxy) is 1. The van der Waals surface area contributed by atoms with Crippen LogP contribution in [0.2, 0.25) is 0 Å². The molecule has 2 N–H and O–H groups in total. The van der Waals surface area contributed by atoms with Crippen LogP contribution in [-0.4, -0.2) is 75.2 Å². The van der Waals surface area contributed by atoms with Crippen molar-refractivity contribution >= 4 is 33.4 Å². The van der Waals surface area contributed by atoms with Crippen LogP contribution in [0.25, 0.3) is 32.9 Å². The quantitative estimate of drug-likeness (QED) is 0.202. The Hall–Kier alpha value is -5.33. The number of phenolic OH excluding ortho intramolecular Hbond substituents is 1. The van der Waals surface area contributed by atoms with E-state index in [1.54, 1.807) is 0 Å². The molecule has 0 radical (unpaired) electrons. The third-order valence-electron chi connectivity index (χ3n) is 10.1. The van der Waals surface area contributed by atoms with Crippen LogP contribution in [0.3, 0.4) is 0 Å². The Morgan fingerprint density at radius 1 is 1.22 bits per heavy atom. The summed E-state index contributed by atoms with van der Waals surface area (Å²) >= 11 is 0. The van der Waals surface area contributed by atoms with E-state index in [0.717, 1.165) is 38.8 Å². The molecule has 0 saturated carbocycles. The largest absolute Gasteiger partial charge is 0.508 e. The van der Waals surface area contributed by atoms with Crippen molar-refractivity contribution in [3.05, 3.63) is 60.3 Å². The molecule has 0 bridgehead atoms. The third kappa shape index (κ3) is 5.87. The Labute approximate surface area is 282 Å². The number of aromatic hydroxyl groups is 1. The van der Waals surface area contributed by atoms with Crippen LogP contribution >= 0.6 is 0 Å². The molecule has 0 unspecified atom stereocenters. The number of terminal acetylenes is 1. The van der Waals surface area contributed by atoms with Gasteiger partial charge in [-0.1, -0.05) is 18.6 Å². The number of rotatable bonds is 7. The Bertz CT molecular complexity index is 2060. The summed E-state index contributed by atoms with van der Waals surface area (Å²) in [4.78, 5) is 30.5. The number of carbonyl (C=O) groups excluding carboxylic acids is 1. The lowest BCUT2D eigenvalue weighted by Crippen LogP contribution is -2.44. The zero-order valence-electron chi connectivity index (χ0n) is 26.9. The highest BCUT2D eigenvalue weighted by Crippen LogP contribution is 2.41. The first-order chi connectivity index (χ1) is 23.7. The van der Waals surface area contributed by atoms with E-state index in [9.17, 15) is 19.6 Å². The molecule has 4 aromatic rings. The van der Waals surface area contributed by atoms with Crippen molar-refractivity contribution in [2.45, 2.75) is 50.1 Å². The van der Waals surface area contributed by atoms with Gasteiger partial charge >= 0.3 is 6.01 Å². The number of pyridine rings is 1. The molecule has 49 heavy (non-hydrogen) atoms. The third-order valence-corrected chi connectivity index (χ3v) is 10.1. The minimum Gasteiger partial charge on any atom is -0.508 e. The predicted molar refractivity (Wildman–Crippen MR) is 181 cm³/mol. The minimum atomic E-state index is -0.826. The van der Waals surface area contributed by atoms with E-state index >= 15 is 4.39 Å². The highest BCUT2D eigenvalue weighted by atomic mass is 19.1. The number of hydrogen-bond acceptors (Lipinski definition) is 9. The molecule has 10 nitrogen and oxygen atoms in total. The Kier molecular flexibility index (Phi) is 8.51. The van der Waals surface area contributed by atoms with Crippen molar-refractivity contribution in [2.75, 3.05) is 37.7 Å². The summed E-state index contributed by atoms with van der Waals surface area (Å²) in [6.45, 7) is 6.57. The molecule has 0 spiro atoms. The van der Waals surface area contributed by atoms with Crippen molar-refractivity contribution in [1.82, 2.24) is 25.2 Å². The van der Waals surface area contributed by atoms with Gasteiger partial charge in [0.15, 0.2) is 5.82 Å². The van der Waals surface area contributed by atoms with Gasteiger partial charge < -0.3 is 20.1 Å². The maximum absolute atomic E-state index is 17.0. The van der Waals surface area contributed by atoms with Gasteiger partial charge in [-0.2, -0.15) is 15.2 Å². The number of amides is 1. The van der Waals surface area contributed by atoms with E-state index in [1.165, 1.54) is 36.5 Å². The molecule has 7 rings (SSSR count). The Morgan fingerprint density at radius 3 is 2.76 bits per heavy atom. The average molecular weight is 664 g/mol. The van der Waals surface area contributed by atoms with Crippen LogP contribution in [-0.2, 0) is 4.79 Å². The van der Waals surface area contributed by atoms with E-state index in [1.807, 2.05) is 4.90 Å². The maximum atomic E-state index is 17.0. The van der Waals surface area contributed by atoms with Gasteiger partial charge in [-0.25, -0.2) is 8.78 Å². The number of fused-ring (bicyclic) bond motifs is 3. The fraction of sp³-hybridized carbons (Fsp3) is 0.378. The van der Waals surface area contributed by atoms with Gasteiger partial charge in [0.2, 0.25) is 5.91 Å². The number of aromatic nitrogens is 3. The molecule has 3 aliphatic rings. The molecular formula is C37H35F2N7O3. The average Bonchev–Trinajstić information content (AvgIpc) is 3.62. The number of nitrogens with one attached hydrogen (secondary N) is 1. The highest BCUT2D eigenvalue weighted by molar-refractivity contribution is 6.03. The van der Waals surface area contributed by atoms with Gasteiger partial charge in [0.25, 0.3) is 0 Å². The van der Waals surface area contributed by atoms with Crippen LogP contribution in [0, 0.1) is 41.2 Å². The van der Waals surface area contributed by atoms with E-state index in [-0.39, 0.29) is 68.8 Å². The van der Waals surface area contributed by atoms with Crippen molar-refractivity contribution < 1.29 is 23.4 Å². The number of carbonyl (C=O) groups is 1. The molecule has 2 atom stereocenters. The lowest BCUT2D eigenvalue weighted by atomic mass is 9.95. The summed E-state index contributed by atoms with van der Waals surface area (Å²) in [6.07, 6.45) is 13.3. The minimum absolute atomic E-state index is 0.0180. The number of anilines is 1. The first-order valence-corrected chi connectivity index (χ1v) is 16.5. The zero-order chi connectivity index (χ0) is 34.3. The molecule has 5 heterocycles. The second-order valence-corrected chi connectivity index (χ2v) is 13.1. The molecule has 12 heteroatoms. The fourth-order valence-corrected chi connectivity index (χ4v) is 7.81. The zero-order valence-corrected chi connectivity index (χ0v) is 26.9. The van der Waals surface area contributed by atoms with Crippen LogP contribution in [0.15, 0.2) is 43.1 Å². The smallest absolute Gasteiger partial charge is 0.319 e. The van der Waals surface area contributed by atoms with Crippen molar-refractivity contribution in [2.24, 2.45) is 5.92 Å². The normalized spacial score (nSPS) is 20.4. The molecular weight excluding hydrogens is 628 g/mol. The van der Waals surface area contributed by atoms with Crippen LogP contribution in [0.5, 0.6) is 11.8 Å². The molecule has 3 fully saturated rings. The molecule has 250 valence electrons. The summed E-state index contributed by atoms with van der Waals surface area (Å²) < 4.78 is 38.2. The standard InChI is InChI=1S/C37H35F2N7O3/c1-3-26-29(38)8-7-23-16-25(47)17-27(31(23)26)33-32(39)34-28(19-41-33)35(45-14-9-22(18-40)15-24(20-45)42-30(48)4-2)44-36(43-34)49-21-37-10-5-12-46(37)13-6-11-37/h1,4,7-8,16-17,19,22,24,47H,2,5-6,9-15,20-21H2,(H,42,48)/t22-,24+/m0/s1. The van der Waals surface area contributed by atoms with E-state index in [0.29, 0.717) is 37.2 Å². The van der Waals surface area contributed by atoms with Gasteiger partial charge in [0.05, 0.1) is 28.5 Å². The first kappa shape index (κ1) is 32.2. The summed E-state index contributed by atoms with van der Waals surface area (Å²) in [5, 5.41) is 24.2. The predicted octanol–water partition coefficient (Wildman–Crippen LogP) is 5.23. The Balaban J connectivity index is 1.38. The number of hydrogen-bond donors (Lipinski definition) is 2. The van der Waals surface area contributed by atoms with Gasteiger partial charge in [-0.05, 0) is 81.3 Å². The van der Waals surface area contributed by atoms with Crippen LogP contribution in [0.1, 0.15) is 44.1 Å². The van der Waals surface area contributed by atoms with E-state index in [2.05, 4.69) is 38.8 Å². The molecule has 2 aromatic carbocycles. The second kappa shape index (κ2) is 12.9. The van der Waals surface area contributed by atoms with Crippen molar-refractivity contribution in [3.8, 4) is 41.4 Å². The summed E-state index contributed by atoms with van der Waals surface area (Å²) in [6, 6.07) is 7.29. The summed E-state index contributed by atoms with van der Waals surface area (Å²) in [7, 11) is 0. The fourth-order valence-electron chi connectivity index (χ4n) is 7.81. The maximum Gasteiger partial charge on any atom is 0.319 e. The monoisotopic (exact) mass is 663 g/mol. The van der Waals surface area contributed by atoms with Crippen LogP contribution in [0.4, 0.5) is 14.6 Å². The SMILES string of the molecule is C#Cc1c(F)ccc2cc(O)cc(-c3ncc4c(N5CC[C@H](C#N)C[C@@H](NC(=O)C=C)C5)nc(OCC56CCCN5CCC6)nc4c3F)c12. The first-order valence-electron chi connectivity index (χ1n) is 16.5. The van der Waals surface area contributed by atoms with Crippen molar-refractivity contribution in [3.63, 3.8) is 0 Å². The lowest BCUT2D eigenvalue weighted by molar-refractivity contribution is -0.117. The van der Waals surface area contributed by atoms with Gasteiger partial charge in [-0.15, -0.1) is 6.42 Å². The number of benzene rings is 2.